The van der Waals surface area contributed by atoms with E-state index >= 15 is 0 Å². The second-order valence-electron chi connectivity index (χ2n) is 4.80. The molecule has 0 radical (unpaired) electrons. The normalized spacial score (nSPS) is 22.4. The summed E-state index contributed by atoms with van der Waals surface area (Å²) in [5.74, 6) is 0.251. The van der Waals surface area contributed by atoms with E-state index in [4.69, 9.17) is 9.84 Å². The largest absolute Gasteiger partial charge is 0.464 e. The SMILES string of the molecule is CC(C)COC(=O)C1CCCCN1CCO. The third-order valence-corrected chi connectivity index (χ3v) is 2.83. The van der Waals surface area contributed by atoms with Gasteiger partial charge >= 0.3 is 5.97 Å². The molecule has 1 heterocycles. The summed E-state index contributed by atoms with van der Waals surface area (Å²) in [6.45, 7) is 6.11. The van der Waals surface area contributed by atoms with Gasteiger partial charge in [0.05, 0.1) is 13.2 Å². The van der Waals surface area contributed by atoms with Gasteiger partial charge in [0.2, 0.25) is 0 Å². The van der Waals surface area contributed by atoms with Crippen LogP contribution in [0.25, 0.3) is 0 Å². The van der Waals surface area contributed by atoms with E-state index in [0.29, 0.717) is 19.1 Å². The van der Waals surface area contributed by atoms with Crippen LogP contribution in [0.15, 0.2) is 0 Å². The Kier molecular flexibility index (Phi) is 5.77. The highest BCUT2D eigenvalue weighted by atomic mass is 16.5. The molecular formula is C12H23NO3. The molecule has 0 bridgehead atoms. The zero-order valence-electron chi connectivity index (χ0n) is 10.3. The van der Waals surface area contributed by atoms with Crippen molar-refractivity contribution >= 4 is 5.97 Å². The predicted octanol–water partition coefficient (Wildman–Crippen LogP) is 1.03. The highest BCUT2D eigenvalue weighted by Gasteiger charge is 2.29. The number of ether oxygens (including phenoxy) is 1. The van der Waals surface area contributed by atoms with Gasteiger partial charge in [-0.3, -0.25) is 9.69 Å². The van der Waals surface area contributed by atoms with Gasteiger partial charge in [0, 0.05) is 6.54 Å². The summed E-state index contributed by atoms with van der Waals surface area (Å²) in [5.41, 5.74) is 0. The Hall–Kier alpha value is -0.610. The van der Waals surface area contributed by atoms with Crippen LogP contribution in [-0.4, -0.2) is 48.3 Å². The molecule has 1 aliphatic heterocycles. The molecule has 0 aromatic heterocycles. The highest BCUT2D eigenvalue weighted by molar-refractivity contribution is 5.75. The van der Waals surface area contributed by atoms with E-state index in [1.165, 1.54) is 0 Å². The van der Waals surface area contributed by atoms with E-state index in [-0.39, 0.29) is 18.6 Å². The van der Waals surface area contributed by atoms with Gasteiger partial charge in [-0.15, -0.1) is 0 Å². The number of rotatable bonds is 5. The van der Waals surface area contributed by atoms with Crippen molar-refractivity contribution in [3.63, 3.8) is 0 Å². The number of hydrogen-bond acceptors (Lipinski definition) is 4. The molecule has 16 heavy (non-hydrogen) atoms. The average Bonchev–Trinajstić information content (AvgIpc) is 2.27. The number of carbonyl (C=O) groups excluding carboxylic acids is 1. The zero-order chi connectivity index (χ0) is 12.0. The van der Waals surface area contributed by atoms with Crippen molar-refractivity contribution < 1.29 is 14.6 Å². The fourth-order valence-corrected chi connectivity index (χ4v) is 2.00. The van der Waals surface area contributed by atoms with Gasteiger partial charge in [0.15, 0.2) is 0 Å². The van der Waals surface area contributed by atoms with Gasteiger partial charge in [0.1, 0.15) is 6.04 Å². The number of piperidine rings is 1. The molecule has 0 aromatic carbocycles. The van der Waals surface area contributed by atoms with Crippen LogP contribution < -0.4 is 0 Å². The molecule has 4 heteroatoms. The van der Waals surface area contributed by atoms with Crippen LogP contribution in [0.1, 0.15) is 33.1 Å². The van der Waals surface area contributed by atoms with Crippen molar-refractivity contribution in [2.75, 3.05) is 26.3 Å². The van der Waals surface area contributed by atoms with E-state index in [0.717, 1.165) is 25.8 Å². The fourth-order valence-electron chi connectivity index (χ4n) is 2.00. The molecule has 1 N–H and O–H groups in total. The van der Waals surface area contributed by atoms with Crippen LogP contribution in [0.4, 0.5) is 0 Å². The Bertz CT molecular complexity index is 216. The number of hydrogen-bond donors (Lipinski definition) is 1. The number of nitrogens with zero attached hydrogens (tertiary/aromatic N) is 1. The smallest absolute Gasteiger partial charge is 0.323 e. The van der Waals surface area contributed by atoms with Crippen LogP contribution in [-0.2, 0) is 9.53 Å². The van der Waals surface area contributed by atoms with Gasteiger partial charge in [-0.1, -0.05) is 20.3 Å². The first kappa shape index (κ1) is 13.5. The number of aliphatic hydroxyl groups excluding tert-OH is 1. The second kappa shape index (κ2) is 6.86. The molecule has 1 saturated heterocycles. The monoisotopic (exact) mass is 229 g/mol. The number of carbonyl (C=O) groups is 1. The predicted molar refractivity (Wildman–Crippen MR) is 62.1 cm³/mol. The van der Waals surface area contributed by atoms with E-state index < -0.39 is 0 Å². The maximum absolute atomic E-state index is 11.8. The molecule has 4 nitrogen and oxygen atoms in total. The Balaban J connectivity index is 2.43. The van der Waals surface area contributed by atoms with Crippen molar-refractivity contribution in [2.24, 2.45) is 5.92 Å². The summed E-state index contributed by atoms with van der Waals surface area (Å²) in [7, 11) is 0. The molecule has 1 atom stereocenters. The van der Waals surface area contributed by atoms with E-state index in [1.807, 2.05) is 18.7 Å². The summed E-state index contributed by atoms with van der Waals surface area (Å²) in [6.07, 6.45) is 3.04. The first-order valence-electron chi connectivity index (χ1n) is 6.16. The van der Waals surface area contributed by atoms with Crippen LogP contribution >= 0.6 is 0 Å². The zero-order valence-corrected chi connectivity index (χ0v) is 10.3. The topological polar surface area (TPSA) is 49.8 Å². The molecule has 0 spiro atoms. The summed E-state index contributed by atoms with van der Waals surface area (Å²) >= 11 is 0. The van der Waals surface area contributed by atoms with Crippen molar-refractivity contribution in [2.45, 2.75) is 39.2 Å². The second-order valence-corrected chi connectivity index (χ2v) is 4.80. The third-order valence-electron chi connectivity index (χ3n) is 2.83. The molecule has 1 aliphatic rings. The lowest BCUT2D eigenvalue weighted by atomic mass is 10.0. The van der Waals surface area contributed by atoms with E-state index in [1.54, 1.807) is 0 Å². The van der Waals surface area contributed by atoms with Crippen LogP contribution in [0.2, 0.25) is 0 Å². The van der Waals surface area contributed by atoms with Crippen molar-refractivity contribution in [1.82, 2.24) is 4.90 Å². The van der Waals surface area contributed by atoms with Gasteiger partial charge in [0.25, 0.3) is 0 Å². The van der Waals surface area contributed by atoms with Crippen molar-refractivity contribution in [3.8, 4) is 0 Å². The number of likely N-dealkylation sites (tertiary alicyclic amines) is 1. The van der Waals surface area contributed by atoms with Gasteiger partial charge in [-0.2, -0.15) is 0 Å². The number of aliphatic hydroxyl groups is 1. The molecule has 0 aromatic rings. The van der Waals surface area contributed by atoms with Crippen molar-refractivity contribution in [3.05, 3.63) is 0 Å². The molecular weight excluding hydrogens is 206 g/mol. The maximum Gasteiger partial charge on any atom is 0.323 e. The third kappa shape index (κ3) is 4.10. The van der Waals surface area contributed by atoms with Crippen molar-refractivity contribution in [1.29, 1.82) is 0 Å². The fraction of sp³-hybridized carbons (Fsp3) is 0.917. The molecule has 1 rings (SSSR count). The lowest BCUT2D eigenvalue weighted by molar-refractivity contribution is -0.152. The Morgan fingerprint density at radius 2 is 2.25 bits per heavy atom. The van der Waals surface area contributed by atoms with Crippen LogP contribution in [0, 0.1) is 5.92 Å². The minimum atomic E-state index is -0.139. The molecule has 0 amide bonds. The molecule has 94 valence electrons. The molecule has 1 unspecified atom stereocenters. The molecule has 0 aliphatic carbocycles. The Morgan fingerprint density at radius 1 is 1.50 bits per heavy atom. The quantitative estimate of drug-likeness (QED) is 0.715. The molecule has 1 fully saturated rings. The first-order valence-corrected chi connectivity index (χ1v) is 6.16. The summed E-state index contributed by atoms with van der Waals surface area (Å²) in [5, 5.41) is 8.94. The summed E-state index contributed by atoms with van der Waals surface area (Å²) in [6, 6.07) is -0.139. The van der Waals surface area contributed by atoms with Crippen LogP contribution in [0.5, 0.6) is 0 Å². The number of esters is 1. The van der Waals surface area contributed by atoms with E-state index in [9.17, 15) is 4.79 Å². The summed E-state index contributed by atoms with van der Waals surface area (Å²) in [4.78, 5) is 13.9. The standard InChI is InChI=1S/C12H23NO3/c1-10(2)9-16-12(15)11-5-3-4-6-13(11)7-8-14/h10-11,14H,3-9H2,1-2H3. The Morgan fingerprint density at radius 3 is 2.88 bits per heavy atom. The molecule has 0 saturated carbocycles. The minimum absolute atomic E-state index is 0.105. The lowest BCUT2D eigenvalue weighted by Crippen LogP contribution is -2.46. The van der Waals surface area contributed by atoms with Crippen LogP contribution in [0.3, 0.4) is 0 Å². The maximum atomic E-state index is 11.8. The van der Waals surface area contributed by atoms with Gasteiger partial charge < -0.3 is 9.84 Å². The van der Waals surface area contributed by atoms with Gasteiger partial charge in [-0.25, -0.2) is 0 Å². The van der Waals surface area contributed by atoms with Gasteiger partial charge in [-0.05, 0) is 25.3 Å². The lowest BCUT2D eigenvalue weighted by Gasteiger charge is -2.33. The Labute approximate surface area is 97.6 Å². The average molecular weight is 229 g/mol. The summed E-state index contributed by atoms with van der Waals surface area (Å²) < 4.78 is 5.26. The highest BCUT2D eigenvalue weighted by Crippen LogP contribution is 2.17. The van der Waals surface area contributed by atoms with E-state index in [2.05, 4.69) is 0 Å². The first-order chi connectivity index (χ1) is 7.65. The minimum Gasteiger partial charge on any atom is -0.464 e. The number of β-amino-alcohol motifs (C(OH)–C–C–N with tert-alkyl or cyclic N) is 1.